The molecule has 0 unspecified atom stereocenters. The molecular formula is C49H47BN2O. The monoisotopic (exact) mass is 690 g/mol. The number of nitrogens with zero attached hydrogens (tertiary/aromatic N) is 2. The lowest BCUT2D eigenvalue weighted by Crippen LogP contribution is -2.62. The lowest BCUT2D eigenvalue weighted by Gasteiger charge is -2.43. The highest BCUT2D eigenvalue weighted by atomic mass is 16.5. The summed E-state index contributed by atoms with van der Waals surface area (Å²) in [5, 5.41) is 2.83. The van der Waals surface area contributed by atoms with Gasteiger partial charge in [0.05, 0.1) is 11.0 Å². The molecule has 0 amide bonds. The molecule has 53 heavy (non-hydrogen) atoms. The zero-order valence-electron chi connectivity index (χ0n) is 31.8. The summed E-state index contributed by atoms with van der Waals surface area (Å²) in [5.74, 6) is 2.01. The van der Waals surface area contributed by atoms with Crippen molar-refractivity contribution in [2.75, 3.05) is 0 Å². The molecule has 4 aliphatic rings. The molecule has 0 bridgehead atoms. The Morgan fingerprint density at radius 3 is 1.77 bits per heavy atom. The number of rotatable bonds is 2. The summed E-state index contributed by atoms with van der Waals surface area (Å²) < 4.78 is 12.3. The van der Waals surface area contributed by atoms with E-state index in [9.17, 15) is 0 Å². The van der Waals surface area contributed by atoms with Crippen molar-refractivity contribution in [1.29, 1.82) is 0 Å². The van der Waals surface area contributed by atoms with Gasteiger partial charge in [-0.2, -0.15) is 0 Å². The first-order valence-electron chi connectivity index (χ1n) is 20.1. The van der Waals surface area contributed by atoms with Crippen LogP contribution in [-0.4, -0.2) is 15.8 Å². The standard InChI is InChI=1S/C49H47BN2O/c1-48(2,3)30-26-38-47-46(27-30)53-45-29-32(52-43-20-12-8-16-35(43)36-17-9-13-21-44(36)52)23-25-40(45)50(47)39-24-22-31(28-37(39)49(38,4)5)51-41-18-10-6-14-33(41)34-15-7-11-19-42(34)51/h6,8,10,12,14,16,18,20,22-29H,7,9,11,13,15,17,19,21H2,1-5H3. The van der Waals surface area contributed by atoms with E-state index in [0.717, 1.165) is 30.8 Å². The van der Waals surface area contributed by atoms with Crippen LogP contribution in [0.5, 0.6) is 11.5 Å². The second kappa shape index (κ2) is 11.0. The zero-order chi connectivity index (χ0) is 35.8. The molecule has 7 aromatic rings. The van der Waals surface area contributed by atoms with Gasteiger partial charge in [0.2, 0.25) is 0 Å². The van der Waals surface area contributed by atoms with Gasteiger partial charge in [-0.1, -0.05) is 94.7 Å². The van der Waals surface area contributed by atoms with Crippen molar-refractivity contribution in [3.05, 3.63) is 136 Å². The molecule has 4 heterocycles. The maximum Gasteiger partial charge on any atom is 0.251 e. The summed E-state index contributed by atoms with van der Waals surface area (Å²) in [6, 6.07) is 37.4. The summed E-state index contributed by atoms with van der Waals surface area (Å²) in [5.41, 5.74) is 19.2. The smallest absolute Gasteiger partial charge is 0.251 e. The van der Waals surface area contributed by atoms with Crippen LogP contribution in [0.3, 0.4) is 0 Å². The Balaban J connectivity index is 1.14. The number of aryl methyl sites for hydroxylation is 2. The largest absolute Gasteiger partial charge is 0.458 e. The first-order chi connectivity index (χ1) is 25.7. The molecule has 262 valence electrons. The molecule has 4 heteroatoms. The molecular weight excluding hydrogens is 643 g/mol. The molecule has 0 radical (unpaired) electrons. The topological polar surface area (TPSA) is 19.1 Å². The fraction of sp³-hybridized carbons (Fsp3) is 0.306. The molecule has 0 fully saturated rings. The van der Waals surface area contributed by atoms with Gasteiger partial charge in [0.25, 0.3) is 6.71 Å². The Labute approximate surface area is 313 Å². The van der Waals surface area contributed by atoms with Crippen molar-refractivity contribution in [1.82, 2.24) is 9.13 Å². The molecule has 0 N–H and O–H groups in total. The van der Waals surface area contributed by atoms with Crippen molar-refractivity contribution < 1.29 is 4.74 Å². The molecule has 0 spiro atoms. The van der Waals surface area contributed by atoms with Crippen LogP contribution < -0.4 is 21.1 Å². The third-order valence-corrected chi connectivity index (χ3v) is 13.4. The maximum absolute atomic E-state index is 7.14. The van der Waals surface area contributed by atoms with E-state index >= 15 is 0 Å². The van der Waals surface area contributed by atoms with E-state index in [2.05, 4.69) is 141 Å². The molecule has 0 saturated heterocycles. The highest BCUT2D eigenvalue weighted by Crippen LogP contribution is 2.44. The normalized spacial score (nSPS) is 16.8. The molecule has 0 saturated carbocycles. The molecule has 2 aliphatic heterocycles. The Morgan fingerprint density at radius 2 is 1.15 bits per heavy atom. The Bertz CT molecular complexity index is 2680. The van der Waals surface area contributed by atoms with E-state index in [1.807, 2.05) is 0 Å². The number of para-hydroxylation sites is 2. The van der Waals surface area contributed by atoms with Crippen LogP contribution in [0, 0.1) is 0 Å². The summed E-state index contributed by atoms with van der Waals surface area (Å²) in [6.45, 7) is 12.0. The van der Waals surface area contributed by atoms with Crippen molar-refractivity contribution in [3.8, 4) is 22.9 Å². The minimum atomic E-state index is -0.208. The fourth-order valence-corrected chi connectivity index (χ4v) is 10.7. The fourth-order valence-electron chi connectivity index (χ4n) is 10.7. The second-order valence-corrected chi connectivity index (χ2v) is 17.8. The van der Waals surface area contributed by atoms with Crippen LogP contribution in [0.4, 0.5) is 0 Å². The second-order valence-electron chi connectivity index (χ2n) is 17.8. The molecule has 11 rings (SSSR count). The Hall–Kier alpha value is -4.96. The van der Waals surface area contributed by atoms with Gasteiger partial charge in [-0.3, -0.25) is 0 Å². The highest BCUT2D eigenvalue weighted by Gasteiger charge is 2.46. The van der Waals surface area contributed by atoms with Crippen LogP contribution >= 0.6 is 0 Å². The van der Waals surface area contributed by atoms with Crippen molar-refractivity contribution in [3.63, 3.8) is 0 Å². The number of benzene rings is 5. The lowest BCUT2D eigenvalue weighted by molar-refractivity contribution is 0.479. The number of fused-ring (bicyclic) bond motifs is 10. The number of hydrogen-bond donors (Lipinski definition) is 0. The van der Waals surface area contributed by atoms with Crippen LogP contribution in [-0.2, 0) is 36.5 Å². The summed E-state index contributed by atoms with van der Waals surface area (Å²) in [6.07, 6.45) is 9.65. The van der Waals surface area contributed by atoms with Gasteiger partial charge in [-0.05, 0) is 132 Å². The van der Waals surface area contributed by atoms with Gasteiger partial charge in [-0.25, -0.2) is 0 Å². The third kappa shape index (κ3) is 4.41. The van der Waals surface area contributed by atoms with E-state index in [-0.39, 0.29) is 17.5 Å². The first kappa shape index (κ1) is 31.6. The molecule has 2 aromatic heterocycles. The lowest BCUT2D eigenvalue weighted by atomic mass is 9.30. The Kier molecular flexibility index (Phi) is 6.57. The van der Waals surface area contributed by atoms with E-state index < -0.39 is 0 Å². The first-order valence-corrected chi connectivity index (χ1v) is 20.1. The van der Waals surface area contributed by atoms with Crippen LogP contribution in [0.1, 0.15) is 99.5 Å². The van der Waals surface area contributed by atoms with Gasteiger partial charge in [0.15, 0.2) is 0 Å². The summed E-state index contributed by atoms with van der Waals surface area (Å²) in [4.78, 5) is 0. The van der Waals surface area contributed by atoms with E-state index in [1.54, 1.807) is 5.56 Å². The average molecular weight is 691 g/mol. The van der Waals surface area contributed by atoms with Crippen molar-refractivity contribution in [2.24, 2.45) is 0 Å². The number of aromatic nitrogens is 2. The zero-order valence-corrected chi connectivity index (χ0v) is 31.8. The Morgan fingerprint density at radius 1 is 0.585 bits per heavy atom. The molecule has 5 aromatic carbocycles. The van der Waals surface area contributed by atoms with E-state index in [4.69, 9.17) is 4.74 Å². The number of ether oxygens (including phenoxy) is 1. The van der Waals surface area contributed by atoms with Crippen LogP contribution in [0.15, 0.2) is 97.1 Å². The molecule has 3 nitrogen and oxygen atoms in total. The minimum Gasteiger partial charge on any atom is -0.458 e. The van der Waals surface area contributed by atoms with Crippen LogP contribution in [0.2, 0.25) is 0 Å². The van der Waals surface area contributed by atoms with Crippen LogP contribution in [0.25, 0.3) is 33.2 Å². The molecule has 2 aliphatic carbocycles. The minimum absolute atomic E-state index is 0.0169. The quantitative estimate of drug-likeness (QED) is 0.165. The van der Waals surface area contributed by atoms with Gasteiger partial charge in [-0.15, -0.1) is 0 Å². The van der Waals surface area contributed by atoms with Crippen molar-refractivity contribution >= 4 is 44.9 Å². The SMILES string of the molecule is CC(C)(C)c1cc2c3c(c1)C(C)(C)c1cc(-n4c5c(c6ccccc64)CCCC5)ccc1B3c1ccc(-n3c4c(c5ccccc53)CCCC4)cc1O2. The van der Waals surface area contributed by atoms with E-state index in [0.29, 0.717) is 0 Å². The average Bonchev–Trinajstić information content (AvgIpc) is 3.68. The van der Waals surface area contributed by atoms with Gasteiger partial charge < -0.3 is 13.9 Å². The number of hydrogen-bond acceptors (Lipinski definition) is 1. The van der Waals surface area contributed by atoms with Gasteiger partial charge >= 0.3 is 0 Å². The van der Waals surface area contributed by atoms with Gasteiger partial charge in [0, 0.05) is 45.0 Å². The molecule has 0 atom stereocenters. The predicted octanol–water partition coefficient (Wildman–Crippen LogP) is 9.89. The summed E-state index contributed by atoms with van der Waals surface area (Å²) in [7, 11) is 0. The predicted molar refractivity (Wildman–Crippen MR) is 222 cm³/mol. The van der Waals surface area contributed by atoms with Gasteiger partial charge in [0.1, 0.15) is 11.5 Å². The highest BCUT2D eigenvalue weighted by molar-refractivity contribution is 6.98. The van der Waals surface area contributed by atoms with E-state index in [1.165, 1.54) is 115 Å². The van der Waals surface area contributed by atoms with Crippen molar-refractivity contribution in [2.45, 2.75) is 96.8 Å². The third-order valence-electron chi connectivity index (χ3n) is 13.4. The summed E-state index contributed by atoms with van der Waals surface area (Å²) >= 11 is 0. The maximum atomic E-state index is 7.14.